The highest BCUT2D eigenvalue weighted by Crippen LogP contribution is 2.00. The first kappa shape index (κ1) is 6.99. The van der Waals surface area contributed by atoms with Gasteiger partial charge in [0.1, 0.15) is 0 Å². The largest absolute Gasteiger partial charge is 0.301 e. The Kier molecular flexibility index (Phi) is 2.45. The summed E-state index contributed by atoms with van der Waals surface area (Å²) in [5, 5.41) is 5.32. The van der Waals surface area contributed by atoms with Crippen LogP contribution in [0.3, 0.4) is 0 Å². The van der Waals surface area contributed by atoms with Gasteiger partial charge in [-0.1, -0.05) is 0 Å². The predicted octanol–water partition coefficient (Wildman–Crippen LogP) is -0.238. The van der Waals surface area contributed by atoms with Crippen molar-refractivity contribution in [1.29, 1.82) is 0 Å². The SMILES string of the molecule is CN(C)NC1CCCN1. The molecule has 1 atom stereocenters. The van der Waals surface area contributed by atoms with Crippen LogP contribution in [0.25, 0.3) is 0 Å². The van der Waals surface area contributed by atoms with Crippen molar-refractivity contribution in [2.75, 3.05) is 20.6 Å². The maximum absolute atomic E-state index is 3.34. The maximum atomic E-state index is 3.34. The van der Waals surface area contributed by atoms with Gasteiger partial charge in [0.05, 0.1) is 6.17 Å². The topological polar surface area (TPSA) is 27.3 Å². The highest BCUT2D eigenvalue weighted by atomic mass is 15.5. The Labute approximate surface area is 56.4 Å². The monoisotopic (exact) mass is 129 g/mol. The molecule has 2 N–H and O–H groups in total. The third kappa shape index (κ3) is 2.30. The number of hydrogen-bond acceptors (Lipinski definition) is 3. The fourth-order valence-corrected chi connectivity index (χ4v) is 1.11. The second-order valence-corrected chi connectivity index (χ2v) is 2.67. The number of hydrazine groups is 1. The summed E-state index contributed by atoms with van der Waals surface area (Å²) in [4.78, 5) is 0. The van der Waals surface area contributed by atoms with Gasteiger partial charge in [-0.3, -0.25) is 0 Å². The summed E-state index contributed by atoms with van der Waals surface area (Å²) in [6.45, 7) is 1.16. The zero-order chi connectivity index (χ0) is 6.69. The Balaban J connectivity index is 2.11. The highest BCUT2D eigenvalue weighted by molar-refractivity contribution is 4.69. The van der Waals surface area contributed by atoms with Crippen LogP contribution in [0.1, 0.15) is 12.8 Å². The molecule has 1 rings (SSSR count). The molecule has 0 aliphatic carbocycles. The lowest BCUT2D eigenvalue weighted by Gasteiger charge is -2.17. The van der Waals surface area contributed by atoms with E-state index < -0.39 is 0 Å². The van der Waals surface area contributed by atoms with Gasteiger partial charge in [0.2, 0.25) is 0 Å². The van der Waals surface area contributed by atoms with E-state index in [1.165, 1.54) is 12.8 Å². The predicted molar refractivity (Wildman–Crippen MR) is 37.8 cm³/mol. The maximum Gasteiger partial charge on any atom is 0.0706 e. The molecule has 0 amide bonds. The molecule has 0 radical (unpaired) electrons. The van der Waals surface area contributed by atoms with E-state index in [0.29, 0.717) is 6.17 Å². The lowest BCUT2D eigenvalue weighted by atomic mass is 10.3. The molecule has 1 saturated heterocycles. The summed E-state index contributed by atoms with van der Waals surface area (Å²) in [6, 6.07) is 0. The minimum atomic E-state index is 0.514. The summed E-state index contributed by atoms with van der Waals surface area (Å²) in [7, 11) is 4.03. The molecule has 0 aromatic rings. The van der Waals surface area contributed by atoms with Gasteiger partial charge in [-0.05, 0) is 19.4 Å². The first-order chi connectivity index (χ1) is 4.29. The average molecular weight is 129 g/mol. The third-order valence-corrected chi connectivity index (χ3v) is 1.47. The van der Waals surface area contributed by atoms with Crippen LogP contribution in [0.4, 0.5) is 0 Å². The van der Waals surface area contributed by atoms with Gasteiger partial charge in [-0.15, -0.1) is 0 Å². The van der Waals surface area contributed by atoms with E-state index in [4.69, 9.17) is 0 Å². The van der Waals surface area contributed by atoms with Gasteiger partial charge < -0.3 is 5.32 Å². The van der Waals surface area contributed by atoms with Crippen molar-refractivity contribution in [2.24, 2.45) is 0 Å². The Bertz CT molecular complexity index is 76.4. The first-order valence-electron chi connectivity index (χ1n) is 3.46. The molecule has 0 aromatic carbocycles. The minimum Gasteiger partial charge on any atom is -0.301 e. The normalized spacial score (nSPS) is 27.7. The Hall–Kier alpha value is -0.120. The van der Waals surface area contributed by atoms with Gasteiger partial charge in [-0.25, -0.2) is 10.4 Å². The van der Waals surface area contributed by atoms with Crippen LogP contribution in [0.5, 0.6) is 0 Å². The molecule has 1 heterocycles. The van der Waals surface area contributed by atoms with Crippen LogP contribution in [0.15, 0.2) is 0 Å². The van der Waals surface area contributed by atoms with Gasteiger partial charge in [0, 0.05) is 14.1 Å². The van der Waals surface area contributed by atoms with Crippen LogP contribution in [0.2, 0.25) is 0 Å². The Morgan fingerprint density at radius 2 is 2.33 bits per heavy atom. The van der Waals surface area contributed by atoms with Crippen molar-refractivity contribution >= 4 is 0 Å². The van der Waals surface area contributed by atoms with Crippen LogP contribution in [-0.4, -0.2) is 31.8 Å². The van der Waals surface area contributed by atoms with Crippen LogP contribution in [-0.2, 0) is 0 Å². The molecule has 0 aromatic heterocycles. The molecule has 0 spiro atoms. The van der Waals surface area contributed by atoms with Gasteiger partial charge in [0.25, 0.3) is 0 Å². The quantitative estimate of drug-likeness (QED) is 0.504. The molecule has 54 valence electrons. The van der Waals surface area contributed by atoms with Crippen molar-refractivity contribution in [3.63, 3.8) is 0 Å². The zero-order valence-electron chi connectivity index (χ0n) is 6.15. The van der Waals surface area contributed by atoms with Crippen LogP contribution in [0, 0.1) is 0 Å². The lowest BCUT2D eigenvalue weighted by molar-refractivity contribution is 0.231. The first-order valence-corrected chi connectivity index (χ1v) is 3.46. The van der Waals surface area contributed by atoms with E-state index >= 15 is 0 Å². The molecule has 3 heteroatoms. The molecule has 9 heavy (non-hydrogen) atoms. The molecule has 3 nitrogen and oxygen atoms in total. The van der Waals surface area contributed by atoms with Crippen molar-refractivity contribution in [2.45, 2.75) is 19.0 Å². The summed E-state index contributed by atoms with van der Waals surface area (Å²) in [5.74, 6) is 0. The summed E-state index contributed by atoms with van der Waals surface area (Å²) >= 11 is 0. The molecule has 1 unspecified atom stereocenters. The van der Waals surface area contributed by atoms with Gasteiger partial charge in [0.15, 0.2) is 0 Å². The molecule has 1 fully saturated rings. The standard InChI is InChI=1S/C6H15N3/c1-9(2)8-6-4-3-5-7-6/h6-8H,3-5H2,1-2H3. The Morgan fingerprint density at radius 3 is 2.78 bits per heavy atom. The van der Waals surface area contributed by atoms with Crippen molar-refractivity contribution in [3.05, 3.63) is 0 Å². The van der Waals surface area contributed by atoms with Crippen molar-refractivity contribution < 1.29 is 0 Å². The molecule has 1 aliphatic rings. The van der Waals surface area contributed by atoms with Crippen LogP contribution < -0.4 is 10.7 Å². The van der Waals surface area contributed by atoms with E-state index in [1.807, 2.05) is 19.1 Å². The van der Waals surface area contributed by atoms with Crippen molar-refractivity contribution in [1.82, 2.24) is 15.8 Å². The molecule has 0 bridgehead atoms. The second kappa shape index (κ2) is 3.15. The summed E-state index contributed by atoms with van der Waals surface area (Å²) in [5.41, 5.74) is 3.26. The van der Waals surface area contributed by atoms with E-state index in [0.717, 1.165) is 6.54 Å². The number of rotatable bonds is 2. The third-order valence-electron chi connectivity index (χ3n) is 1.47. The molecular formula is C6H15N3. The van der Waals surface area contributed by atoms with E-state index in [-0.39, 0.29) is 0 Å². The summed E-state index contributed by atoms with van der Waals surface area (Å²) in [6.07, 6.45) is 3.06. The fourth-order valence-electron chi connectivity index (χ4n) is 1.11. The number of nitrogens with zero attached hydrogens (tertiary/aromatic N) is 1. The fraction of sp³-hybridized carbons (Fsp3) is 1.00. The van der Waals surface area contributed by atoms with Gasteiger partial charge >= 0.3 is 0 Å². The van der Waals surface area contributed by atoms with Crippen molar-refractivity contribution in [3.8, 4) is 0 Å². The van der Waals surface area contributed by atoms with Gasteiger partial charge in [-0.2, -0.15) is 0 Å². The zero-order valence-corrected chi connectivity index (χ0v) is 6.15. The highest BCUT2D eigenvalue weighted by Gasteiger charge is 2.12. The molecule has 1 aliphatic heterocycles. The van der Waals surface area contributed by atoms with Crippen LogP contribution >= 0.6 is 0 Å². The smallest absolute Gasteiger partial charge is 0.0706 e. The van der Waals surface area contributed by atoms with E-state index in [1.54, 1.807) is 0 Å². The van der Waals surface area contributed by atoms with E-state index in [9.17, 15) is 0 Å². The number of nitrogens with one attached hydrogen (secondary N) is 2. The van der Waals surface area contributed by atoms with E-state index in [2.05, 4.69) is 10.7 Å². The Morgan fingerprint density at radius 1 is 1.56 bits per heavy atom. The number of hydrogen-bond donors (Lipinski definition) is 2. The average Bonchev–Trinajstić information content (AvgIpc) is 2.15. The minimum absolute atomic E-state index is 0.514. The summed E-state index contributed by atoms with van der Waals surface area (Å²) < 4.78 is 0. The molecule has 0 saturated carbocycles. The molecular weight excluding hydrogens is 114 g/mol. The lowest BCUT2D eigenvalue weighted by Crippen LogP contribution is -2.44. The second-order valence-electron chi connectivity index (χ2n) is 2.67.